The first-order valence-electron chi connectivity index (χ1n) is 3.69. The van der Waals surface area contributed by atoms with Gasteiger partial charge in [-0.3, -0.25) is 0 Å². The maximum Gasteiger partial charge on any atom is 0.0122 e. The SMILES string of the molecule is BrCCSCCCSCCBr. The van der Waals surface area contributed by atoms with E-state index >= 15 is 0 Å². The molecule has 0 heterocycles. The molecular formula is C7H14Br2S2. The molecule has 0 radical (unpaired) electrons. The maximum atomic E-state index is 3.41. The van der Waals surface area contributed by atoms with Crippen molar-refractivity contribution in [2.75, 3.05) is 33.7 Å². The molecule has 0 bridgehead atoms. The van der Waals surface area contributed by atoms with Gasteiger partial charge in [-0.05, 0) is 17.9 Å². The molecule has 0 aromatic carbocycles. The third-order valence-electron chi connectivity index (χ3n) is 1.02. The zero-order chi connectivity index (χ0) is 8.36. The topological polar surface area (TPSA) is 0 Å². The Hall–Kier alpha value is 1.66. The van der Waals surface area contributed by atoms with Crippen LogP contribution in [0.15, 0.2) is 0 Å². The zero-order valence-electron chi connectivity index (χ0n) is 6.52. The summed E-state index contributed by atoms with van der Waals surface area (Å²) in [5.41, 5.74) is 0. The fourth-order valence-electron chi connectivity index (χ4n) is 0.576. The van der Waals surface area contributed by atoms with Crippen molar-refractivity contribution in [3.05, 3.63) is 0 Å². The molecule has 0 aliphatic rings. The molecule has 0 unspecified atom stereocenters. The van der Waals surface area contributed by atoms with E-state index in [1.54, 1.807) is 0 Å². The van der Waals surface area contributed by atoms with Gasteiger partial charge in [0.15, 0.2) is 0 Å². The smallest absolute Gasteiger partial charge is 0.0122 e. The summed E-state index contributed by atoms with van der Waals surface area (Å²) in [5, 5.41) is 2.26. The number of hydrogen-bond donors (Lipinski definition) is 0. The van der Waals surface area contributed by atoms with E-state index in [0.29, 0.717) is 0 Å². The molecule has 0 atom stereocenters. The van der Waals surface area contributed by atoms with E-state index in [1.165, 1.54) is 29.4 Å². The van der Waals surface area contributed by atoms with Crippen LogP contribution in [0.1, 0.15) is 6.42 Å². The molecule has 0 spiro atoms. The summed E-state index contributed by atoms with van der Waals surface area (Å²) in [6.45, 7) is 0. The number of halogens is 2. The summed E-state index contributed by atoms with van der Waals surface area (Å²) in [6.07, 6.45) is 1.36. The van der Waals surface area contributed by atoms with Crippen LogP contribution >= 0.6 is 55.4 Å². The maximum absolute atomic E-state index is 3.41. The van der Waals surface area contributed by atoms with Crippen molar-refractivity contribution in [2.45, 2.75) is 6.42 Å². The molecule has 4 heteroatoms. The van der Waals surface area contributed by atoms with Crippen LogP contribution in [-0.4, -0.2) is 33.7 Å². The van der Waals surface area contributed by atoms with Gasteiger partial charge in [0.05, 0.1) is 0 Å². The van der Waals surface area contributed by atoms with E-state index < -0.39 is 0 Å². The largest absolute Gasteiger partial charge is 0.161 e. The van der Waals surface area contributed by atoms with Crippen LogP contribution in [-0.2, 0) is 0 Å². The molecule has 0 aromatic rings. The Morgan fingerprint density at radius 3 is 1.55 bits per heavy atom. The van der Waals surface area contributed by atoms with E-state index in [-0.39, 0.29) is 0 Å². The van der Waals surface area contributed by atoms with Crippen LogP contribution in [0.5, 0.6) is 0 Å². The minimum absolute atomic E-state index is 1.13. The quantitative estimate of drug-likeness (QED) is 0.494. The Kier molecular flexibility index (Phi) is 13.4. The van der Waals surface area contributed by atoms with Gasteiger partial charge in [0, 0.05) is 22.2 Å². The van der Waals surface area contributed by atoms with Crippen molar-refractivity contribution in [1.82, 2.24) is 0 Å². The summed E-state index contributed by atoms with van der Waals surface area (Å²) < 4.78 is 0. The van der Waals surface area contributed by atoms with Crippen LogP contribution in [0.2, 0.25) is 0 Å². The lowest BCUT2D eigenvalue weighted by atomic mass is 10.6. The highest BCUT2D eigenvalue weighted by molar-refractivity contribution is 9.09. The number of hydrogen-bond acceptors (Lipinski definition) is 2. The molecular weight excluding hydrogens is 308 g/mol. The predicted molar refractivity (Wildman–Crippen MR) is 66.9 cm³/mol. The summed E-state index contributed by atoms with van der Waals surface area (Å²) >= 11 is 10.9. The van der Waals surface area contributed by atoms with Crippen LogP contribution in [0.4, 0.5) is 0 Å². The third kappa shape index (κ3) is 11.7. The molecule has 0 saturated carbocycles. The average molecular weight is 322 g/mol. The van der Waals surface area contributed by atoms with Crippen molar-refractivity contribution < 1.29 is 0 Å². The third-order valence-corrected chi connectivity index (χ3v) is 5.00. The Morgan fingerprint density at radius 1 is 0.727 bits per heavy atom. The normalized spacial score (nSPS) is 10.4. The van der Waals surface area contributed by atoms with Crippen molar-refractivity contribution in [3.63, 3.8) is 0 Å². The molecule has 0 amide bonds. The van der Waals surface area contributed by atoms with Gasteiger partial charge in [-0.1, -0.05) is 31.9 Å². The first kappa shape index (κ1) is 12.7. The van der Waals surface area contributed by atoms with Gasteiger partial charge in [0.2, 0.25) is 0 Å². The highest BCUT2D eigenvalue weighted by Gasteiger charge is 1.89. The van der Waals surface area contributed by atoms with Gasteiger partial charge in [0.25, 0.3) is 0 Å². The van der Waals surface area contributed by atoms with Crippen molar-refractivity contribution >= 4 is 55.4 Å². The van der Waals surface area contributed by atoms with Crippen molar-refractivity contribution in [1.29, 1.82) is 0 Å². The summed E-state index contributed by atoms with van der Waals surface area (Å²) in [7, 11) is 0. The molecule has 0 fully saturated rings. The lowest BCUT2D eigenvalue weighted by molar-refractivity contribution is 1.12. The highest BCUT2D eigenvalue weighted by atomic mass is 79.9. The van der Waals surface area contributed by atoms with Crippen LogP contribution in [0.3, 0.4) is 0 Å². The standard InChI is InChI=1S/C7H14Br2S2/c8-2-6-10-4-1-5-11-7-3-9/h1-7H2. The summed E-state index contributed by atoms with van der Waals surface area (Å²) in [6, 6.07) is 0. The summed E-state index contributed by atoms with van der Waals surface area (Å²) in [5.74, 6) is 5.15. The van der Waals surface area contributed by atoms with Crippen molar-refractivity contribution in [3.8, 4) is 0 Å². The molecule has 0 aliphatic carbocycles. The second-order valence-electron chi connectivity index (χ2n) is 1.96. The van der Waals surface area contributed by atoms with Gasteiger partial charge in [0.1, 0.15) is 0 Å². The predicted octanol–water partition coefficient (Wildman–Crippen LogP) is 3.63. The molecule has 0 aliphatic heterocycles. The van der Waals surface area contributed by atoms with Crippen LogP contribution in [0.25, 0.3) is 0 Å². The first-order chi connectivity index (χ1) is 5.41. The van der Waals surface area contributed by atoms with E-state index in [4.69, 9.17) is 0 Å². The fraction of sp³-hybridized carbons (Fsp3) is 1.00. The molecule has 68 valence electrons. The minimum atomic E-state index is 1.13. The summed E-state index contributed by atoms with van der Waals surface area (Å²) in [4.78, 5) is 0. The van der Waals surface area contributed by atoms with Gasteiger partial charge >= 0.3 is 0 Å². The van der Waals surface area contributed by atoms with E-state index in [0.717, 1.165) is 10.7 Å². The Morgan fingerprint density at radius 2 is 1.18 bits per heavy atom. The lowest BCUT2D eigenvalue weighted by Gasteiger charge is -1.98. The van der Waals surface area contributed by atoms with E-state index in [9.17, 15) is 0 Å². The first-order valence-corrected chi connectivity index (χ1v) is 8.24. The molecule has 0 aromatic heterocycles. The molecule has 11 heavy (non-hydrogen) atoms. The number of thioether (sulfide) groups is 2. The molecule has 0 nitrogen and oxygen atoms in total. The van der Waals surface area contributed by atoms with E-state index in [2.05, 4.69) is 31.9 Å². The minimum Gasteiger partial charge on any atom is -0.161 e. The Bertz CT molecular complexity index is 63.5. The zero-order valence-corrected chi connectivity index (χ0v) is 11.3. The van der Waals surface area contributed by atoms with Crippen LogP contribution in [0, 0.1) is 0 Å². The molecule has 0 N–H and O–H groups in total. The second-order valence-corrected chi connectivity index (χ2v) is 5.99. The average Bonchev–Trinajstić information content (AvgIpc) is 2.03. The molecule has 0 rings (SSSR count). The van der Waals surface area contributed by atoms with Gasteiger partial charge in [-0.15, -0.1) is 0 Å². The van der Waals surface area contributed by atoms with Gasteiger partial charge < -0.3 is 0 Å². The Labute approximate surface area is 94.9 Å². The molecule has 0 saturated heterocycles. The van der Waals surface area contributed by atoms with E-state index in [1.807, 2.05) is 23.5 Å². The second kappa shape index (κ2) is 11.7. The number of alkyl halides is 2. The van der Waals surface area contributed by atoms with Gasteiger partial charge in [-0.2, -0.15) is 23.5 Å². The fourth-order valence-corrected chi connectivity index (χ4v) is 3.46. The monoisotopic (exact) mass is 320 g/mol. The number of rotatable bonds is 8. The Balaban J connectivity index is 2.69. The van der Waals surface area contributed by atoms with Crippen LogP contribution < -0.4 is 0 Å². The highest BCUT2D eigenvalue weighted by Crippen LogP contribution is 2.08. The van der Waals surface area contributed by atoms with Gasteiger partial charge in [-0.25, -0.2) is 0 Å². The lowest BCUT2D eigenvalue weighted by Crippen LogP contribution is -1.88. The van der Waals surface area contributed by atoms with Crippen molar-refractivity contribution in [2.24, 2.45) is 0 Å².